The molecule has 3 heteroatoms. The standard InChI is InChI=1S/C16H23ClN2/c1-2-19-15(10-13-6-4-3-5-7-13)11-14-8-9-18-12-16(14)17/h6,8-9,12,15,19H,2-5,7,10-11H2,1H3. The molecule has 0 amide bonds. The molecule has 0 bridgehead atoms. The van der Waals surface area contributed by atoms with Crippen LogP contribution in [-0.2, 0) is 6.42 Å². The number of hydrogen-bond donors (Lipinski definition) is 1. The Labute approximate surface area is 121 Å². The van der Waals surface area contributed by atoms with Crippen molar-refractivity contribution in [1.29, 1.82) is 0 Å². The van der Waals surface area contributed by atoms with Gasteiger partial charge in [0.2, 0.25) is 0 Å². The number of rotatable bonds is 6. The van der Waals surface area contributed by atoms with E-state index in [9.17, 15) is 0 Å². The van der Waals surface area contributed by atoms with Crippen LogP contribution < -0.4 is 5.32 Å². The maximum absolute atomic E-state index is 6.21. The van der Waals surface area contributed by atoms with Crippen LogP contribution in [0.15, 0.2) is 30.1 Å². The highest BCUT2D eigenvalue weighted by Crippen LogP contribution is 2.24. The summed E-state index contributed by atoms with van der Waals surface area (Å²) in [5.74, 6) is 0. The summed E-state index contributed by atoms with van der Waals surface area (Å²) in [4.78, 5) is 4.05. The highest BCUT2D eigenvalue weighted by atomic mass is 35.5. The molecule has 0 saturated heterocycles. The Morgan fingerprint density at radius 3 is 2.95 bits per heavy atom. The van der Waals surface area contributed by atoms with Crippen LogP contribution >= 0.6 is 11.6 Å². The fourth-order valence-corrected chi connectivity index (χ4v) is 2.94. The molecule has 1 aliphatic carbocycles. The third kappa shape index (κ3) is 4.63. The Morgan fingerprint density at radius 1 is 1.37 bits per heavy atom. The van der Waals surface area contributed by atoms with Crippen LogP contribution in [0.25, 0.3) is 0 Å². The third-order valence-electron chi connectivity index (χ3n) is 3.71. The minimum atomic E-state index is 0.481. The zero-order valence-corrected chi connectivity index (χ0v) is 12.4. The average molecular weight is 279 g/mol. The molecule has 2 nitrogen and oxygen atoms in total. The molecule has 1 heterocycles. The average Bonchev–Trinajstić information content (AvgIpc) is 2.43. The molecule has 0 radical (unpaired) electrons. The van der Waals surface area contributed by atoms with Crippen LogP contribution in [0.5, 0.6) is 0 Å². The van der Waals surface area contributed by atoms with E-state index in [-0.39, 0.29) is 0 Å². The highest BCUT2D eigenvalue weighted by molar-refractivity contribution is 6.31. The van der Waals surface area contributed by atoms with Gasteiger partial charge in [-0.3, -0.25) is 4.98 Å². The van der Waals surface area contributed by atoms with Gasteiger partial charge in [0.05, 0.1) is 5.02 Å². The van der Waals surface area contributed by atoms with E-state index < -0.39 is 0 Å². The van der Waals surface area contributed by atoms with Gasteiger partial charge >= 0.3 is 0 Å². The van der Waals surface area contributed by atoms with E-state index in [0.717, 1.165) is 24.4 Å². The molecule has 0 spiro atoms. The molecule has 1 aromatic heterocycles. The number of nitrogens with zero attached hydrogens (tertiary/aromatic N) is 1. The first-order valence-electron chi connectivity index (χ1n) is 7.29. The summed E-state index contributed by atoms with van der Waals surface area (Å²) >= 11 is 6.21. The van der Waals surface area contributed by atoms with Crippen LogP contribution in [0, 0.1) is 0 Å². The molecule has 1 unspecified atom stereocenters. The number of likely N-dealkylation sites (N-methyl/N-ethyl adjacent to an activating group) is 1. The SMILES string of the molecule is CCNC(CC1=CCCCC1)Cc1ccncc1Cl. The van der Waals surface area contributed by atoms with Gasteiger partial charge in [-0.15, -0.1) is 0 Å². The van der Waals surface area contributed by atoms with Gasteiger partial charge in [-0.25, -0.2) is 0 Å². The van der Waals surface area contributed by atoms with Crippen molar-refractivity contribution in [3.63, 3.8) is 0 Å². The first kappa shape index (κ1) is 14.5. The Morgan fingerprint density at radius 2 is 2.26 bits per heavy atom. The zero-order valence-electron chi connectivity index (χ0n) is 11.7. The molecule has 0 aromatic carbocycles. The van der Waals surface area contributed by atoms with E-state index in [1.54, 1.807) is 11.8 Å². The first-order chi connectivity index (χ1) is 9.29. The van der Waals surface area contributed by atoms with Crippen molar-refractivity contribution in [1.82, 2.24) is 10.3 Å². The lowest BCUT2D eigenvalue weighted by Crippen LogP contribution is -2.31. The number of pyridine rings is 1. The summed E-state index contributed by atoms with van der Waals surface area (Å²) < 4.78 is 0. The maximum atomic E-state index is 6.21. The molecule has 0 saturated carbocycles. The van der Waals surface area contributed by atoms with Crippen LogP contribution in [-0.4, -0.2) is 17.6 Å². The normalized spacial score (nSPS) is 17.1. The quantitative estimate of drug-likeness (QED) is 0.791. The Bertz CT molecular complexity index is 429. The Kier molecular flexibility index (Phi) is 5.87. The predicted octanol–water partition coefficient (Wildman–Crippen LogP) is 4.15. The topological polar surface area (TPSA) is 24.9 Å². The van der Waals surface area contributed by atoms with Gasteiger partial charge in [0.25, 0.3) is 0 Å². The molecule has 1 aromatic rings. The molecule has 0 aliphatic heterocycles. The Balaban J connectivity index is 1.99. The molecule has 1 N–H and O–H groups in total. The molecule has 104 valence electrons. The third-order valence-corrected chi connectivity index (χ3v) is 4.05. The van der Waals surface area contributed by atoms with Gasteiger partial charge in [0, 0.05) is 18.4 Å². The van der Waals surface area contributed by atoms with Crippen LogP contribution in [0.3, 0.4) is 0 Å². The van der Waals surface area contributed by atoms with Gasteiger partial charge in [-0.1, -0.05) is 30.2 Å². The number of allylic oxidation sites excluding steroid dienone is 1. The smallest absolute Gasteiger partial charge is 0.0621 e. The summed E-state index contributed by atoms with van der Waals surface area (Å²) in [5.41, 5.74) is 2.81. The van der Waals surface area contributed by atoms with Crippen molar-refractivity contribution in [3.05, 3.63) is 40.7 Å². The molecule has 19 heavy (non-hydrogen) atoms. The summed E-state index contributed by atoms with van der Waals surface area (Å²) in [6, 6.07) is 2.51. The largest absolute Gasteiger partial charge is 0.314 e. The summed E-state index contributed by atoms with van der Waals surface area (Å²) in [7, 11) is 0. The molecule has 2 rings (SSSR count). The van der Waals surface area contributed by atoms with Gasteiger partial charge < -0.3 is 5.32 Å². The van der Waals surface area contributed by atoms with Gasteiger partial charge in [0.1, 0.15) is 0 Å². The Hall–Kier alpha value is -0.860. The molecule has 0 fully saturated rings. The molecule has 1 aliphatic rings. The second kappa shape index (κ2) is 7.66. The lowest BCUT2D eigenvalue weighted by atomic mass is 9.92. The van der Waals surface area contributed by atoms with Gasteiger partial charge in [-0.05, 0) is 56.7 Å². The minimum Gasteiger partial charge on any atom is -0.314 e. The number of nitrogens with one attached hydrogen (secondary N) is 1. The molecule has 1 atom stereocenters. The first-order valence-corrected chi connectivity index (χ1v) is 7.67. The second-order valence-electron chi connectivity index (χ2n) is 5.24. The van der Waals surface area contributed by atoms with Crippen LogP contribution in [0.2, 0.25) is 5.02 Å². The van der Waals surface area contributed by atoms with Crippen molar-refractivity contribution < 1.29 is 0 Å². The number of hydrogen-bond acceptors (Lipinski definition) is 2. The summed E-state index contributed by atoms with van der Waals surface area (Å²) in [6.45, 7) is 3.16. The predicted molar refractivity (Wildman–Crippen MR) is 81.6 cm³/mol. The monoisotopic (exact) mass is 278 g/mol. The van der Waals surface area contributed by atoms with Crippen molar-refractivity contribution in [2.24, 2.45) is 0 Å². The lowest BCUT2D eigenvalue weighted by Gasteiger charge is -2.22. The fourth-order valence-electron chi connectivity index (χ4n) is 2.75. The van der Waals surface area contributed by atoms with E-state index in [0.29, 0.717) is 6.04 Å². The van der Waals surface area contributed by atoms with Crippen LogP contribution in [0.1, 0.15) is 44.6 Å². The summed E-state index contributed by atoms with van der Waals surface area (Å²) in [6.07, 6.45) is 13.3. The van der Waals surface area contributed by atoms with Crippen molar-refractivity contribution in [3.8, 4) is 0 Å². The lowest BCUT2D eigenvalue weighted by molar-refractivity contribution is 0.504. The van der Waals surface area contributed by atoms with Crippen molar-refractivity contribution in [2.45, 2.75) is 51.5 Å². The van der Waals surface area contributed by atoms with Crippen molar-refractivity contribution >= 4 is 11.6 Å². The zero-order chi connectivity index (χ0) is 13.5. The van der Waals surface area contributed by atoms with E-state index in [4.69, 9.17) is 11.6 Å². The van der Waals surface area contributed by atoms with E-state index >= 15 is 0 Å². The van der Waals surface area contributed by atoms with Crippen molar-refractivity contribution in [2.75, 3.05) is 6.54 Å². The molecular formula is C16H23ClN2. The maximum Gasteiger partial charge on any atom is 0.0621 e. The molecular weight excluding hydrogens is 256 g/mol. The number of aromatic nitrogens is 1. The summed E-state index contributed by atoms with van der Waals surface area (Å²) in [5, 5.41) is 4.37. The number of halogens is 1. The minimum absolute atomic E-state index is 0.481. The van der Waals surface area contributed by atoms with E-state index in [1.807, 2.05) is 12.3 Å². The second-order valence-corrected chi connectivity index (χ2v) is 5.65. The fraction of sp³-hybridized carbons (Fsp3) is 0.562. The highest BCUT2D eigenvalue weighted by Gasteiger charge is 2.14. The van der Waals surface area contributed by atoms with E-state index in [1.165, 1.54) is 31.2 Å². The van der Waals surface area contributed by atoms with Gasteiger partial charge in [0.15, 0.2) is 0 Å². The van der Waals surface area contributed by atoms with Crippen LogP contribution in [0.4, 0.5) is 0 Å². The van der Waals surface area contributed by atoms with Gasteiger partial charge in [-0.2, -0.15) is 0 Å². The van der Waals surface area contributed by atoms with E-state index in [2.05, 4.69) is 23.3 Å².